The maximum Gasteiger partial charge on any atom is 0.257 e. The molecule has 0 fully saturated rings. The van der Waals surface area contributed by atoms with Crippen LogP contribution in [0.15, 0.2) is 63.7 Å². The van der Waals surface area contributed by atoms with E-state index >= 15 is 0 Å². The van der Waals surface area contributed by atoms with E-state index in [2.05, 4.69) is 10.3 Å². The number of hydrogen-bond acceptors (Lipinski definition) is 8. The van der Waals surface area contributed by atoms with Gasteiger partial charge in [-0.05, 0) is 36.1 Å². The lowest BCUT2D eigenvalue weighted by Gasteiger charge is -2.33. The van der Waals surface area contributed by atoms with Crippen LogP contribution in [-0.2, 0) is 10.5 Å². The zero-order valence-corrected chi connectivity index (χ0v) is 20.2. The smallest absolute Gasteiger partial charge is 0.257 e. The number of ketones is 1. The number of ether oxygens (including phenoxy) is 2. The quantitative estimate of drug-likeness (QED) is 0.345. The lowest BCUT2D eigenvalue weighted by molar-refractivity contribution is -0.116. The molecule has 0 amide bonds. The van der Waals surface area contributed by atoms with Crippen molar-refractivity contribution in [1.82, 2.24) is 9.97 Å². The third-order valence-electron chi connectivity index (χ3n) is 6.29. The molecule has 0 bridgehead atoms. The maximum absolute atomic E-state index is 13.4. The number of phenols is 1. The standard InChI is InChI=1S/C26H25N3O5S/c1-33-18-11-15(12-19(34-2)23(18)31)20-21-16(9-6-10-17(21)30)27-24-22(20)25(32)29-26(28-24)35-13-14-7-4-3-5-8-14/h3-5,7-8,11-12,20,31H,6,9-10,13H2,1-2H3,(H2,27,28,29,32)/t20-/m1/s1. The van der Waals surface area contributed by atoms with Gasteiger partial charge in [-0.15, -0.1) is 0 Å². The van der Waals surface area contributed by atoms with Gasteiger partial charge >= 0.3 is 0 Å². The molecule has 9 heteroatoms. The minimum atomic E-state index is -0.665. The van der Waals surface area contributed by atoms with E-state index in [1.54, 1.807) is 12.1 Å². The number of phenolic OH excluding ortho intramolecular Hbond substituents is 1. The van der Waals surface area contributed by atoms with Gasteiger partial charge in [0.25, 0.3) is 5.56 Å². The molecule has 5 rings (SSSR count). The van der Waals surface area contributed by atoms with Crippen LogP contribution < -0.4 is 20.3 Å². The third kappa shape index (κ3) is 4.27. The minimum absolute atomic E-state index is 0.0117. The number of rotatable bonds is 6. The Labute approximate surface area is 206 Å². The van der Waals surface area contributed by atoms with E-state index in [0.29, 0.717) is 46.3 Å². The summed E-state index contributed by atoms with van der Waals surface area (Å²) in [6, 6.07) is 13.2. The second-order valence-electron chi connectivity index (χ2n) is 8.41. The Morgan fingerprint density at radius 2 is 1.80 bits per heavy atom. The number of nitrogens with one attached hydrogen (secondary N) is 2. The van der Waals surface area contributed by atoms with Crippen molar-refractivity contribution in [3.05, 3.63) is 80.8 Å². The molecule has 3 aromatic rings. The number of carbonyl (C=O) groups excluding carboxylic acids is 1. The number of hydrogen-bond donors (Lipinski definition) is 3. The number of nitrogens with zero attached hydrogens (tertiary/aromatic N) is 1. The Kier molecular flexibility index (Phi) is 6.25. The van der Waals surface area contributed by atoms with E-state index < -0.39 is 5.92 Å². The summed E-state index contributed by atoms with van der Waals surface area (Å²) in [5, 5.41) is 14.2. The Bertz CT molecular complexity index is 1360. The Morgan fingerprint density at radius 3 is 2.49 bits per heavy atom. The molecule has 3 N–H and O–H groups in total. The zero-order valence-electron chi connectivity index (χ0n) is 19.4. The highest BCUT2D eigenvalue weighted by molar-refractivity contribution is 7.98. The number of H-pyrrole nitrogens is 1. The molecule has 0 spiro atoms. The first-order valence-electron chi connectivity index (χ1n) is 11.3. The molecular weight excluding hydrogens is 466 g/mol. The second-order valence-corrected chi connectivity index (χ2v) is 9.37. The molecule has 0 unspecified atom stereocenters. The van der Waals surface area contributed by atoms with Crippen molar-refractivity contribution >= 4 is 23.4 Å². The lowest BCUT2D eigenvalue weighted by Crippen LogP contribution is -2.32. The fraction of sp³-hybridized carbons (Fsp3) is 0.269. The summed E-state index contributed by atoms with van der Waals surface area (Å²) in [5.41, 5.74) is 3.10. The first-order valence-corrected chi connectivity index (χ1v) is 12.3. The first-order chi connectivity index (χ1) is 17.0. The summed E-state index contributed by atoms with van der Waals surface area (Å²) in [6.45, 7) is 0. The van der Waals surface area contributed by atoms with Gasteiger partial charge in [-0.2, -0.15) is 0 Å². The van der Waals surface area contributed by atoms with Gasteiger partial charge in [-0.25, -0.2) is 4.98 Å². The van der Waals surface area contributed by atoms with Crippen molar-refractivity contribution in [1.29, 1.82) is 0 Å². The van der Waals surface area contributed by atoms with E-state index in [4.69, 9.17) is 14.5 Å². The minimum Gasteiger partial charge on any atom is -0.502 e. The van der Waals surface area contributed by atoms with Crippen LogP contribution >= 0.6 is 11.8 Å². The molecule has 2 heterocycles. The fourth-order valence-electron chi connectivity index (χ4n) is 4.65. The van der Waals surface area contributed by atoms with E-state index in [-0.39, 0.29) is 28.6 Å². The van der Waals surface area contributed by atoms with Gasteiger partial charge in [0.15, 0.2) is 22.4 Å². The second kappa shape index (κ2) is 9.50. The van der Waals surface area contributed by atoms with Gasteiger partial charge in [0.2, 0.25) is 5.75 Å². The molecule has 2 aliphatic rings. The highest BCUT2D eigenvalue weighted by atomic mass is 32.2. The highest BCUT2D eigenvalue weighted by Crippen LogP contribution is 2.47. The van der Waals surface area contributed by atoms with Crippen LogP contribution in [0.4, 0.5) is 5.82 Å². The molecule has 0 radical (unpaired) electrons. The van der Waals surface area contributed by atoms with Crippen LogP contribution in [0.25, 0.3) is 0 Å². The molecule has 0 saturated carbocycles. The summed E-state index contributed by atoms with van der Waals surface area (Å²) in [5.74, 6) is 0.674. The Morgan fingerprint density at radius 1 is 1.09 bits per heavy atom. The van der Waals surface area contributed by atoms with Gasteiger partial charge in [0.1, 0.15) is 5.82 Å². The largest absolute Gasteiger partial charge is 0.502 e. The molecule has 1 aliphatic carbocycles. The summed E-state index contributed by atoms with van der Waals surface area (Å²) in [6.07, 6.45) is 1.83. The number of aromatic hydroxyl groups is 1. The normalized spacial score (nSPS) is 16.9. The molecule has 35 heavy (non-hydrogen) atoms. The Hall–Kier alpha value is -3.72. The van der Waals surface area contributed by atoms with Gasteiger partial charge < -0.3 is 24.9 Å². The zero-order chi connectivity index (χ0) is 24.5. The van der Waals surface area contributed by atoms with Gasteiger partial charge in [-0.3, -0.25) is 9.59 Å². The highest BCUT2D eigenvalue weighted by Gasteiger charge is 2.38. The molecule has 0 saturated heterocycles. The maximum atomic E-state index is 13.4. The van der Waals surface area contributed by atoms with Crippen molar-refractivity contribution < 1.29 is 19.4 Å². The Balaban J connectivity index is 1.62. The number of anilines is 1. The number of methoxy groups -OCH3 is 2. The van der Waals surface area contributed by atoms with Crippen LogP contribution in [0.2, 0.25) is 0 Å². The van der Waals surface area contributed by atoms with Crippen LogP contribution in [0.5, 0.6) is 17.2 Å². The van der Waals surface area contributed by atoms with Gasteiger partial charge in [0, 0.05) is 29.4 Å². The molecule has 2 aromatic carbocycles. The fourth-order valence-corrected chi connectivity index (χ4v) is 5.47. The van der Waals surface area contributed by atoms with Gasteiger partial charge in [0.05, 0.1) is 19.8 Å². The van der Waals surface area contributed by atoms with Crippen LogP contribution in [-0.4, -0.2) is 35.1 Å². The van der Waals surface area contributed by atoms with E-state index in [1.165, 1.54) is 26.0 Å². The molecule has 180 valence electrons. The van der Waals surface area contributed by atoms with E-state index in [9.17, 15) is 14.7 Å². The number of aromatic amines is 1. The number of allylic oxidation sites excluding steroid dienone is 2. The number of Topliss-reactive ketones (excluding diaryl/α,β-unsaturated/α-hetero) is 1. The first kappa shape index (κ1) is 23.0. The summed E-state index contributed by atoms with van der Waals surface area (Å²) < 4.78 is 10.7. The lowest BCUT2D eigenvalue weighted by atomic mass is 9.76. The van der Waals surface area contributed by atoms with Crippen LogP contribution in [0.1, 0.15) is 41.9 Å². The summed E-state index contributed by atoms with van der Waals surface area (Å²) in [7, 11) is 2.88. The molecule has 1 aliphatic heterocycles. The topological polar surface area (TPSA) is 114 Å². The molecule has 8 nitrogen and oxygen atoms in total. The number of fused-ring (bicyclic) bond motifs is 1. The average molecular weight is 492 g/mol. The van der Waals surface area contributed by atoms with Crippen molar-refractivity contribution in [3.63, 3.8) is 0 Å². The number of thioether (sulfide) groups is 1. The molecule has 1 atom stereocenters. The van der Waals surface area contributed by atoms with Crippen molar-refractivity contribution in [2.24, 2.45) is 0 Å². The van der Waals surface area contributed by atoms with Crippen molar-refractivity contribution in [2.75, 3.05) is 19.5 Å². The van der Waals surface area contributed by atoms with Crippen LogP contribution in [0, 0.1) is 0 Å². The predicted molar refractivity (Wildman–Crippen MR) is 133 cm³/mol. The van der Waals surface area contributed by atoms with Crippen molar-refractivity contribution in [3.8, 4) is 17.2 Å². The number of aromatic nitrogens is 2. The van der Waals surface area contributed by atoms with E-state index in [0.717, 1.165) is 17.7 Å². The summed E-state index contributed by atoms with van der Waals surface area (Å²) in [4.78, 5) is 34.1. The SMILES string of the molecule is COc1cc([C@@H]2C3=C(CCCC3=O)Nc3nc(SCc4ccccc4)[nH]c(=O)c32)cc(OC)c1O. The van der Waals surface area contributed by atoms with E-state index in [1.807, 2.05) is 30.3 Å². The summed E-state index contributed by atoms with van der Waals surface area (Å²) >= 11 is 1.44. The number of carbonyl (C=O) groups is 1. The van der Waals surface area contributed by atoms with Gasteiger partial charge in [-0.1, -0.05) is 42.1 Å². The number of benzene rings is 2. The average Bonchev–Trinajstić information content (AvgIpc) is 2.87. The van der Waals surface area contributed by atoms with Crippen LogP contribution in [0.3, 0.4) is 0 Å². The third-order valence-corrected chi connectivity index (χ3v) is 7.23. The predicted octanol–water partition coefficient (Wildman–Crippen LogP) is 4.35. The monoisotopic (exact) mass is 491 g/mol. The molecule has 1 aromatic heterocycles. The van der Waals surface area contributed by atoms with Crippen molar-refractivity contribution in [2.45, 2.75) is 36.1 Å². The molecular formula is C26H25N3O5S.